The summed E-state index contributed by atoms with van der Waals surface area (Å²) in [5.74, 6) is 6.35. The van der Waals surface area contributed by atoms with Crippen LogP contribution in [-0.4, -0.2) is 30.1 Å². The molecule has 0 radical (unpaired) electrons. The molecule has 0 saturated heterocycles. The van der Waals surface area contributed by atoms with Crippen LogP contribution in [0.5, 0.6) is 0 Å². The van der Waals surface area contributed by atoms with E-state index in [1.807, 2.05) is 12.2 Å². The van der Waals surface area contributed by atoms with E-state index >= 15 is 0 Å². The number of allylic oxidation sites excluding steroid dienone is 1. The lowest BCUT2D eigenvalue weighted by molar-refractivity contribution is -0.140. The highest BCUT2D eigenvalue weighted by Crippen LogP contribution is 2.32. The number of carbonyl (C=O) groups is 2. The monoisotopic (exact) mass is 348 g/mol. The molecule has 3 atom stereocenters. The number of ketones is 1. The van der Waals surface area contributed by atoms with Gasteiger partial charge in [0.15, 0.2) is 0 Å². The molecule has 0 bridgehead atoms. The maximum atomic E-state index is 12.1. The summed E-state index contributed by atoms with van der Waals surface area (Å²) in [6.07, 6.45) is 11.3. The molecule has 1 fully saturated rings. The average molecular weight is 348 g/mol. The first-order chi connectivity index (χ1) is 12.1. The summed E-state index contributed by atoms with van der Waals surface area (Å²) in [5, 5.41) is 9.99. The van der Waals surface area contributed by atoms with Crippen molar-refractivity contribution in [3.05, 3.63) is 12.2 Å². The number of rotatable bonds is 10. The fourth-order valence-corrected chi connectivity index (χ4v) is 3.09. The number of esters is 1. The third-order valence-electron chi connectivity index (χ3n) is 4.70. The van der Waals surface area contributed by atoms with Gasteiger partial charge in [-0.15, -0.1) is 11.8 Å². The van der Waals surface area contributed by atoms with Gasteiger partial charge >= 0.3 is 5.97 Å². The predicted molar refractivity (Wildman–Crippen MR) is 98.8 cm³/mol. The maximum Gasteiger partial charge on any atom is 0.305 e. The first-order valence-electron chi connectivity index (χ1n) is 9.50. The highest BCUT2D eigenvalue weighted by molar-refractivity contribution is 5.84. The Balaban J connectivity index is 2.38. The van der Waals surface area contributed by atoms with Crippen LogP contribution in [-0.2, 0) is 14.3 Å². The Morgan fingerprint density at radius 1 is 1.36 bits per heavy atom. The Morgan fingerprint density at radius 2 is 2.16 bits per heavy atom. The van der Waals surface area contributed by atoms with Gasteiger partial charge in [-0.1, -0.05) is 38.3 Å². The van der Waals surface area contributed by atoms with Crippen molar-refractivity contribution in [1.82, 2.24) is 0 Å². The van der Waals surface area contributed by atoms with E-state index in [1.165, 1.54) is 7.11 Å². The Morgan fingerprint density at radius 3 is 2.88 bits per heavy atom. The minimum atomic E-state index is -0.410. The Kier molecular flexibility index (Phi) is 10.9. The van der Waals surface area contributed by atoms with E-state index in [9.17, 15) is 14.7 Å². The molecule has 25 heavy (non-hydrogen) atoms. The van der Waals surface area contributed by atoms with Gasteiger partial charge in [-0.05, 0) is 25.2 Å². The third kappa shape index (κ3) is 8.88. The molecule has 1 aliphatic rings. The fourth-order valence-electron chi connectivity index (χ4n) is 3.09. The molecule has 1 rings (SSSR count). The van der Waals surface area contributed by atoms with E-state index in [2.05, 4.69) is 23.5 Å². The molecule has 4 heteroatoms. The summed E-state index contributed by atoms with van der Waals surface area (Å²) in [5.41, 5.74) is 0. The van der Waals surface area contributed by atoms with E-state index in [-0.39, 0.29) is 23.6 Å². The largest absolute Gasteiger partial charge is 0.469 e. The van der Waals surface area contributed by atoms with Gasteiger partial charge in [0, 0.05) is 31.6 Å². The lowest BCUT2D eigenvalue weighted by Gasteiger charge is -2.12. The number of hydrogen-bond donors (Lipinski definition) is 1. The van der Waals surface area contributed by atoms with Gasteiger partial charge in [0.25, 0.3) is 0 Å². The van der Waals surface area contributed by atoms with Crippen molar-refractivity contribution in [2.45, 2.75) is 77.2 Å². The summed E-state index contributed by atoms with van der Waals surface area (Å²) in [7, 11) is 1.38. The van der Waals surface area contributed by atoms with Crippen LogP contribution >= 0.6 is 0 Å². The summed E-state index contributed by atoms with van der Waals surface area (Å²) in [4.78, 5) is 23.1. The first-order valence-corrected chi connectivity index (χ1v) is 9.50. The van der Waals surface area contributed by atoms with Crippen molar-refractivity contribution in [2.75, 3.05) is 7.11 Å². The summed E-state index contributed by atoms with van der Waals surface area (Å²) in [6, 6.07) is 0. The summed E-state index contributed by atoms with van der Waals surface area (Å²) >= 11 is 0. The van der Waals surface area contributed by atoms with Crippen LogP contribution < -0.4 is 0 Å². The topological polar surface area (TPSA) is 63.6 Å². The lowest BCUT2D eigenvalue weighted by Crippen LogP contribution is -2.13. The number of ether oxygens (including phenoxy) is 1. The van der Waals surface area contributed by atoms with Crippen LogP contribution in [0, 0.1) is 23.7 Å². The molecule has 1 N–H and O–H groups in total. The molecule has 0 aliphatic heterocycles. The minimum absolute atomic E-state index is 0.0489. The van der Waals surface area contributed by atoms with E-state index in [4.69, 9.17) is 0 Å². The molecule has 0 spiro atoms. The standard InChI is InChI=1S/C21H32O4/c1-3-4-7-10-18(22)15-13-17-14-16-20(23)19(17)11-8-5-6-9-12-21(24)25-2/h13,15,17-19,22H,3-4,6-7,9-12,14,16H2,1-2H3/b15-13+. The van der Waals surface area contributed by atoms with Gasteiger partial charge in [-0.2, -0.15) is 0 Å². The fraction of sp³-hybridized carbons (Fsp3) is 0.714. The second-order valence-corrected chi connectivity index (χ2v) is 6.71. The van der Waals surface area contributed by atoms with Gasteiger partial charge in [0.2, 0.25) is 0 Å². The van der Waals surface area contributed by atoms with E-state index in [0.717, 1.165) is 32.1 Å². The summed E-state index contributed by atoms with van der Waals surface area (Å²) in [6.45, 7) is 2.15. The van der Waals surface area contributed by atoms with Gasteiger partial charge in [-0.3, -0.25) is 9.59 Å². The van der Waals surface area contributed by atoms with E-state index in [0.29, 0.717) is 32.1 Å². The van der Waals surface area contributed by atoms with Crippen LogP contribution in [0.15, 0.2) is 12.2 Å². The lowest BCUT2D eigenvalue weighted by atomic mass is 9.91. The number of methoxy groups -OCH3 is 1. The quantitative estimate of drug-likeness (QED) is 0.282. The smallest absolute Gasteiger partial charge is 0.305 e. The third-order valence-corrected chi connectivity index (χ3v) is 4.70. The van der Waals surface area contributed by atoms with Crippen LogP contribution in [0.2, 0.25) is 0 Å². The van der Waals surface area contributed by atoms with Crippen LogP contribution in [0.3, 0.4) is 0 Å². The van der Waals surface area contributed by atoms with Gasteiger partial charge < -0.3 is 9.84 Å². The average Bonchev–Trinajstić information content (AvgIpc) is 2.96. The van der Waals surface area contributed by atoms with Gasteiger partial charge in [-0.25, -0.2) is 0 Å². The second-order valence-electron chi connectivity index (χ2n) is 6.71. The molecular weight excluding hydrogens is 316 g/mol. The predicted octanol–water partition coefficient (Wildman–Crippen LogP) is 3.82. The van der Waals surface area contributed by atoms with Crippen LogP contribution in [0.25, 0.3) is 0 Å². The molecule has 0 aromatic carbocycles. The molecule has 140 valence electrons. The molecule has 3 unspecified atom stereocenters. The van der Waals surface area contributed by atoms with Crippen LogP contribution in [0.4, 0.5) is 0 Å². The highest BCUT2D eigenvalue weighted by atomic mass is 16.5. The number of aliphatic hydroxyl groups is 1. The van der Waals surface area contributed by atoms with E-state index in [1.54, 1.807) is 0 Å². The number of aliphatic hydroxyl groups excluding tert-OH is 1. The zero-order chi connectivity index (χ0) is 18.5. The number of hydrogen-bond acceptors (Lipinski definition) is 4. The van der Waals surface area contributed by atoms with Crippen molar-refractivity contribution >= 4 is 11.8 Å². The van der Waals surface area contributed by atoms with Crippen LogP contribution in [0.1, 0.15) is 71.1 Å². The molecule has 1 saturated carbocycles. The molecule has 1 aliphatic carbocycles. The van der Waals surface area contributed by atoms with Crippen molar-refractivity contribution in [2.24, 2.45) is 11.8 Å². The van der Waals surface area contributed by atoms with Gasteiger partial charge in [0.05, 0.1) is 13.2 Å². The minimum Gasteiger partial charge on any atom is -0.469 e. The zero-order valence-corrected chi connectivity index (χ0v) is 15.6. The molecule has 4 nitrogen and oxygen atoms in total. The molecule has 0 aromatic heterocycles. The highest BCUT2D eigenvalue weighted by Gasteiger charge is 2.32. The molecular formula is C21H32O4. The maximum absolute atomic E-state index is 12.1. The molecule has 0 heterocycles. The Labute approximate surface area is 152 Å². The first kappa shape index (κ1) is 21.4. The van der Waals surface area contributed by atoms with Crippen molar-refractivity contribution in [3.63, 3.8) is 0 Å². The van der Waals surface area contributed by atoms with Crippen molar-refractivity contribution in [3.8, 4) is 11.8 Å². The molecule has 0 amide bonds. The van der Waals surface area contributed by atoms with Crippen molar-refractivity contribution in [1.29, 1.82) is 0 Å². The number of unbranched alkanes of at least 4 members (excludes halogenated alkanes) is 3. The molecule has 0 aromatic rings. The Hall–Kier alpha value is -1.60. The number of carbonyl (C=O) groups excluding carboxylic acids is 2. The second kappa shape index (κ2) is 12.7. The normalized spacial score (nSPS) is 21.2. The van der Waals surface area contributed by atoms with Crippen molar-refractivity contribution < 1.29 is 19.4 Å². The zero-order valence-electron chi connectivity index (χ0n) is 15.6. The Bertz CT molecular complexity index is 498. The van der Waals surface area contributed by atoms with Gasteiger partial charge in [0.1, 0.15) is 5.78 Å². The van der Waals surface area contributed by atoms with E-state index < -0.39 is 6.10 Å². The SMILES string of the molecule is CCCCCC(O)/C=C/C1CCC(=O)C1CC#CCCCC(=O)OC. The number of Topliss-reactive ketones (excluding diaryl/α,β-unsaturated/α-hetero) is 1. The summed E-state index contributed by atoms with van der Waals surface area (Å²) < 4.78 is 4.58.